The van der Waals surface area contributed by atoms with Crippen LogP contribution in [0.3, 0.4) is 0 Å². The standard InChI is InChI=1S/C33H37N3O4/c1-22-13-15-23(16-14-22)32(33(38)35-25-9-5-4-6-10-25)36(26-17-18-29(39-2)30(20-26)40-3)31(37)19-24-21-34-28-12-8-7-11-27(24)28/h7-8,11-18,20-21,25,32,34H,4-6,9-10,19H2,1-3H3,(H,35,38). The third-order valence-corrected chi connectivity index (χ3v) is 7.78. The van der Waals surface area contributed by atoms with Crippen molar-refractivity contribution in [3.8, 4) is 11.5 Å². The van der Waals surface area contributed by atoms with Gasteiger partial charge in [0.05, 0.1) is 20.6 Å². The summed E-state index contributed by atoms with van der Waals surface area (Å²) in [7, 11) is 3.14. The maximum Gasteiger partial charge on any atom is 0.248 e. The van der Waals surface area contributed by atoms with Gasteiger partial charge in [0.15, 0.2) is 11.5 Å². The number of hydrogen-bond acceptors (Lipinski definition) is 4. The van der Waals surface area contributed by atoms with Crippen LogP contribution in [0.4, 0.5) is 5.69 Å². The van der Waals surface area contributed by atoms with Gasteiger partial charge in [-0.25, -0.2) is 0 Å². The van der Waals surface area contributed by atoms with Gasteiger partial charge in [-0.15, -0.1) is 0 Å². The summed E-state index contributed by atoms with van der Waals surface area (Å²) in [5.74, 6) is 0.660. The van der Waals surface area contributed by atoms with Crippen molar-refractivity contribution in [2.45, 2.75) is 57.5 Å². The summed E-state index contributed by atoms with van der Waals surface area (Å²) in [6.07, 6.45) is 7.28. The fraction of sp³-hybridized carbons (Fsp3) is 0.333. The minimum Gasteiger partial charge on any atom is -0.493 e. The molecule has 2 N–H and O–H groups in total. The van der Waals surface area contributed by atoms with Crippen LogP contribution in [0, 0.1) is 6.92 Å². The maximum absolute atomic E-state index is 14.3. The summed E-state index contributed by atoms with van der Waals surface area (Å²) in [6.45, 7) is 2.01. The predicted octanol–water partition coefficient (Wildman–Crippen LogP) is 6.26. The summed E-state index contributed by atoms with van der Waals surface area (Å²) in [5.41, 5.74) is 4.24. The van der Waals surface area contributed by atoms with E-state index in [1.807, 2.05) is 67.7 Å². The van der Waals surface area contributed by atoms with E-state index in [9.17, 15) is 9.59 Å². The second-order valence-corrected chi connectivity index (χ2v) is 10.5. The minimum absolute atomic E-state index is 0.102. The fourth-order valence-corrected chi connectivity index (χ4v) is 5.63. The van der Waals surface area contributed by atoms with Gasteiger partial charge in [0.1, 0.15) is 6.04 Å². The van der Waals surface area contributed by atoms with Crippen LogP contribution in [0.1, 0.15) is 54.8 Å². The Bertz CT molecular complexity index is 1470. The molecule has 40 heavy (non-hydrogen) atoms. The molecule has 3 aromatic carbocycles. The Hall–Kier alpha value is -4.26. The lowest BCUT2D eigenvalue weighted by molar-refractivity contribution is -0.127. The molecule has 0 spiro atoms. The van der Waals surface area contributed by atoms with Gasteiger partial charge in [-0.05, 0) is 49.1 Å². The molecule has 208 valence electrons. The number of aromatic amines is 1. The van der Waals surface area contributed by atoms with Crippen LogP contribution in [0.15, 0.2) is 72.9 Å². The number of carbonyl (C=O) groups is 2. The number of para-hydroxylation sites is 1. The molecule has 1 saturated carbocycles. The number of nitrogens with one attached hydrogen (secondary N) is 2. The second-order valence-electron chi connectivity index (χ2n) is 10.5. The van der Waals surface area contributed by atoms with E-state index in [4.69, 9.17) is 9.47 Å². The third-order valence-electron chi connectivity index (χ3n) is 7.78. The molecular weight excluding hydrogens is 502 g/mol. The lowest BCUT2D eigenvalue weighted by Crippen LogP contribution is -2.47. The number of aryl methyl sites for hydroxylation is 1. The van der Waals surface area contributed by atoms with E-state index in [1.165, 1.54) is 6.42 Å². The topological polar surface area (TPSA) is 83.7 Å². The van der Waals surface area contributed by atoms with Crippen molar-refractivity contribution >= 4 is 28.4 Å². The zero-order chi connectivity index (χ0) is 28.1. The highest BCUT2D eigenvalue weighted by Gasteiger charge is 2.35. The Morgan fingerprint density at radius 1 is 0.950 bits per heavy atom. The predicted molar refractivity (Wildman–Crippen MR) is 158 cm³/mol. The number of fused-ring (bicyclic) bond motifs is 1. The summed E-state index contributed by atoms with van der Waals surface area (Å²) in [4.78, 5) is 33.4. The summed E-state index contributed by atoms with van der Waals surface area (Å²) >= 11 is 0. The quantitative estimate of drug-likeness (QED) is 0.263. The molecule has 4 aromatic rings. The molecular formula is C33H37N3O4. The molecule has 1 fully saturated rings. The number of amides is 2. The lowest BCUT2D eigenvalue weighted by Gasteiger charge is -2.34. The first-order valence-electron chi connectivity index (χ1n) is 13.9. The van der Waals surface area contributed by atoms with E-state index in [0.29, 0.717) is 17.2 Å². The van der Waals surface area contributed by atoms with E-state index >= 15 is 0 Å². The van der Waals surface area contributed by atoms with Gasteiger partial charge in [0, 0.05) is 34.9 Å². The van der Waals surface area contributed by atoms with Crippen molar-refractivity contribution in [2.24, 2.45) is 0 Å². The van der Waals surface area contributed by atoms with Crippen molar-refractivity contribution in [1.29, 1.82) is 0 Å². The smallest absolute Gasteiger partial charge is 0.248 e. The van der Waals surface area contributed by atoms with Gasteiger partial charge in [0.25, 0.3) is 0 Å². The highest BCUT2D eigenvalue weighted by Crippen LogP contribution is 2.36. The van der Waals surface area contributed by atoms with Crippen molar-refractivity contribution in [3.63, 3.8) is 0 Å². The molecule has 0 radical (unpaired) electrons. The number of carbonyl (C=O) groups excluding carboxylic acids is 2. The second kappa shape index (κ2) is 12.3. The summed E-state index contributed by atoms with van der Waals surface area (Å²) in [5, 5.41) is 4.27. The van der Waals surface area contributed by atoms with Crippen LogP contribution >= 0.6 is 0 Å². The van der Waals surface area contributed by atoms with Crippen molar-refractivity contribution in [3.05, 3.63) is 89.6 Å². The number of methoxy groups -OCH3 is 2. The van der Waals surface area contributed by atoms with Gasteiger partial charge in [-0.3, -0.25) is 14.5 Å². The van der Waals surface area contributed by atoms with Gasteiger partial charge in [-0.2, -0.15) is 0 Å². The number of aromatic nitrogens is 1. The minimum atomic E-state index is -0.863. The molecule has 5 rings (SSSR count). The Kier molecular flexibility index (Phi) is 8.39. The molecule has 7 nitrogen and oxygen atoms in total. The van der Waals surface area contributed by atoms with Crippen LogP contribution in [-0.4, -0.2) is 37.1 Å². The van der Waals surface area contributed by atoms with Crippen LogP contribution in [0.25, 0.3) is 10.9 Å². The number of nitrogens with zero attached hydrogens (tertiary/aromatic N) is 1. The van der Waals surface area contributed by atoms with Gasteiger partial charge in [-0.1, -0.05) is 67.3 Å². The van der Waals surface area contributed by atoms with Crippen LogP contribution in [0.5, 0.6) is 11.5 Å². The van der Waals surface area contributed by atoms with Crippen molar-refractivity contribution in [2.75, 3.05) is 19.1 Å². The Balaban J connectivity index is 1.60. The van der Waals surface area contributed by atoms with E-state index < -0.39 is 6.04 Å². The van der Waals surface area contributed by atoms with Crippen LogP contribution < -0.4 is 19.7 Å². The van der Waals surface area contributed by atoms with Crippen LogP contribution in [0.2, 0.25) is 0 Å². The first-order valence-corrected chi connectivity index (χ1v) is 13.9. The zero-order valence-corrected chi connectivity index (χ0v) is 23.4. The molecule has 1 aliphatic carbocycles. The Morgan fingerprint density at radius 3 is 2.40 bits per heavy atom. The summed E-state index contributed by atoms with van der Waals surface area (Å²) < 4.78 is 11.0. The van der Waals surface area contributed by atoms with Gasteiger partial charge < -0.3 is 19.8 Å². The van der Waals surface area contributed by atoms with E-state index in [1.54, 1.807) is 31.3 Å². The van der Waals surface area contributed by atoms with Crippen LogP contribution in [-0.2, 0) is 16.0 Å². The third kappa shape index (κ3) is 5.83. The SMILES string of the molecule is COc1ccc(N(C(=O)Cc2c[nH]c3ccccc23)C(C(=O)NC2CCCCC2)c2ccc(C)cc2)cc1OC. The molecule has 1 aliphatic rings. The number of hydrogen-bond donors (Lipinski definition) is 2. The van der Waals surface area contributed by atoms with Crippen molar-refractivity contribution in [1.82, 2.24) is 10.3 Å². The lowest BCUT2D eigenvalue weighted by atomic mass is 9.94. The number of ether oxygens (including phenoxy) is 2. The average molecular weight is 540 g/mol. The zero-order valence-electron chi connectivity index (χ0n) is 23.4. The first-order chi connectivity index (χ1) is 19.5. The van der Waals surface area contributed by atoms with E-state index in [0.717, 1.165) is 53.3 Å². The highest BCUT2D eigenvalue weighted by molar-refractivity contribution is 6.03. The molecule has 0 aliphatic heterocycles. The first kappa shape index (κ1) is 27.3. The largest absolute Gasteiger partial charge is 0.493 e. The molecule has 0 bridgehead atoms. The maximum atomic E-state index is 14.3. The number of anilines is 1. The average Bonchev–Trinajstić information content (AvgIpc) is 3.39. The van der Waals surface area contributed by atoms with E-state index in [2.05, 4.69) is 10.3 Å². The number of H-pyrrole nitrogens is 1. The molecule has 2 amide bonds. The molecule has 1 atom stereocenters. The van der Waals surface area contributed by atoms with Gasteiger partial charge in [0.2, 0.25) is 11.8 Å². The molecule has 1 heterocycles. The molecule has 1 unspecified atom stereocenters. The van der Waals surface area contributed by atoms with Crippen molar-refractivity contribution < 1.29 is 19.1 Å². The highest BCUT2D eigenvalue weighted by atomic mass is 16.5. The normalized spacial score (nSPS) is 14.5. The fourth-order valence-electron chi connectivity index (χ4n) is 5.63. The molecule has 1 aromatic heterocycles. The Morgan fingerprint density at radius 2 is 1.68 bits per heavy atom. The monoisotopic (exact) mass is 539 g/mol. The summed E-state index contributed by atoms with van der Waals surface area (Å²) in [6, 6.07) is 20.3. The van der Waals surface area contributed by atoms with Gasteiger partial charge >= 0.3 is 0 Å². The number of rotatable bonds is 9. The van der Waals surface area contributed by atoms with E-state index in [-0.39, 0.29) is 24.3 Å². The number of benzene rings is 3. The molecule has 0 saturated heterocycles. The Labute approximate surface area is 235 Å². The molecule has 7 heteroatoms.